The van der Waals surface area contributed by atoms with E-state index >= 15 is 0 Å². The molecule has 1 aromatic carbocycles. The molecule has 4 nitrogen and oxygen atoms in total. The average Bonchev–Trinajstić information content (AvgIpc) is 2.47. The van der Waals surface area contributed by atoms with E-state index in [0.717, 1.165) is 32.1 Å². The second kappa shape index (κ2) is 8.02. The van der Waals surface area contributed by atoms with E-state index in [2.05, 4.69) is 17.4 Å². The van der Waals surface area contributed by atoms with Crippen LogP contribution in [-0.4, -0.2) is 31.2 Å². The molecular formula is C16H24N2O2. The maximum absolute atomic E-state index is 11.7. The molecule has 20 heavy (non-hydrogen) atoms. The van der Waals surface area contributed by atoms with Crippen molar-refractivity contribution in [3.8, 4) is 0 Å². The van der Waals surface area contributed by atoms with Crippen molar-refractivity contribution >= 4 is 5.91 Å². The molecule has 0 heterocycles. The number of nitrogens with two attached hydrogens (primary N) is 1. The van der Waals surface area contributed by atoms with Gasteiger partial charge in [-0.25, -0.2) is 0 Å². The SMILES string of the molecule is NC1CCC(NC(=O)COCCc2ccccc2)CC1. The summed E-state index contributed by atoms with van der Waals surface area (Å²) in [7, 11) is 0. The Balaban J connectivity index is 1.56. The third-order valence-electron chi connectivity index (χ3n) is 3.75. The molecule has 0 unspecified atom stereocenters. The summed E-state index contributed by atoms with van der Waals surface area (Å²) < 4.78 is 5.43. The molecule has 0 atom stereocenters. The number of carbonyl (C=O) groups is 1. The van der Waals surface area contributed by atoms with Gasteiger partial charge < -0.3 is 15.8 Å². The molecule has 3 N–H and O–H groups in total. The fraction of sp³-hybridized carbons (Fsp3) is 0.562. The van der Waals surface area contributed by atoms with Gasteiger partial charge >= 0.3 is 0 Å². The minimum atomic E-state index is -0.0152. The Hall–Kier alpha value is -1.39. The minimum Gasteiger partial charge on any atom is -0.371 e. The van der Waals surface area contributed by atoms with Crippen LogP contribution < -0.4 is 11.1 Å². The molecule has 1 aliphatic carbocycles. The number of rotatable bonds is 6. The van der Waals surface area contributed by atoms with Gasteiger partial charge in [-0.15, -0.1) is 0 Å². The van der Waals surface area contributed by atoms with Crippen LogP contribution in [0.2, 0.25) is 0 Å². The molecule has 0 radical (unpaired) electrons. The Bertz CT molecular complexity index is 400. The van der Waals surface area contributed by atoms with E-state index in [1.54, 1.807) is 0 Å². The minimum absolute atomic E-state index is 0.0152. The van der Waals surface area contributed by atoms with E-state index in [-0.39, 0.29) is 18.6 Å². The number of hydrogen-bond donors (Lipinski definition) is 2. The molecule has 1 aliphatic rings. The van der Waals surface area contributed by atoms with Crippen LogP contribution in [-0.2, 0) is 16.0 Å². The summed E-state index contributed by atoms with van der Waals surface area (Å²) in [5.41, 5.74) is 7.07. The zero-order chi connectivity index (χ0) is 14.2. The highest BCUT2D eigenvalue weighted by molar-refractivity contribution is 5.77. The molecule has 0 saturated heterocycles. The molecule has 0 spiro atoms. The highest BCUT2D eigenvalue weighted by atomic mass is 16.5. The van der Waals surface area contributed by atoms with Crippen molar-refractivity contribution in [2.75, 3.05) is 13.2 Å². The molecule has 1 saturated carbocycles. The zero-order valence-corrected chi connectivity index (χ0v) is 11.9. The predicted octanol–water partition coefficient (Wildman–Crippen LogP) is 1.63. The molecule has 2 rings (SSSR count). The predicted molar refractivity (Wildman–Crippen MR) is 79.3 cm³/mol. The summed E-state index contributed by atoms with van der Waals surface area (Å²) in [5.74, 6) is -0.0152. The van der Waals surface area contributed by atoms with Gasteiger partial charge in [-0.05, 0) is 37.7 Å². The van der Waals surface area contributed by atoms with Crippen LogP contribution in [0.15, 0.2) is 30.3 Å². The first-order valence-corrected chi connectivity index (χ1v) is 7.40. The van der Waals surface area contributed by atoms with Crippen molar-refractivity contribution in [1.29, 1.82) is 0 Å². The lowest BCUT2D eigenvalue weighted by Crippen LogP contribution is -2.41. The van der Waals surface area contributed by atoms with E-state index in [0.29, 0.717) is 12.6 Å². The molecule has 1 aromatic rings. The van der Waals surface area contributed by atoms with E-state index < -0.39 is 0 Å². The summed E-state index contributed by atoms with van der Waals surface area (Å²) in [6, 6.07) is 10.7. The van der Waals surface area contributed by atoms with Crippen molar-refractivity contribution in [1.82, 2.24) is 5.32 Å². The van der Waals surface area contributed by atoms with Crippen molar-refractivity contribution in [3.63, 3.8) is 0 Å². The number of nitrogens with one attached hydrogen (secondary N) is 1. The average molecular weight is 276 g/mol. The second-order valence-corrected chi connectivity index (χ2v) is 5.47. The van der Waals surface area contributed by atoms with Crippen LogP contribution in [0, 0.1) is 0 Å². The van der Waals surface area contributed by atoms with E-state index in [9.17, 15) is 4.79 Å². The van der Waals surface area contributed by atoms with Crippen LogP contribution in [0.5, 0.6) is 0 Å². The van der Waals surface area contributed by atoms with Crippen molar-refractivity contribution in [2.45, 2.75) is 44.2 Å². The lowest BCUT2D eigenvalue weighted by atomic mass is 9.92. The van der Waals surface area contributed by atoms with Crippen LogP contribution in [0.3, 0.4) is 0 Å². The molecule has 1 amide bonds. The number of ether oxygens (including phenoxy) is 1. The van der Waals surface area contributed by atoms with Crippen molar-refractivity contribution in [2.24, 2.45) is 5.73 Å². The largest absolute Gasteiger partial charge is 0.371 e. The Morgan fingerprint density at radius 2 is 1.90 bits per heavy atom. The summed E-state index contributed by atoms with van der Waals surface area (Å²) in [6.45, 7) is 0.725. The fourth-order valence-corrected chi connectivity index (χ4v) is 2.53. The monoisotopic (exact) mass is 276 g/mol. The first-order chi connectivity index (χ1) is 9.74. The number of amides is 1. The van der Waals surface area contributed by atoms with Gasteiger partial charge in [0.25, 0.3) is 0 Å². The van der Waals surface area contributed by atoms with Gasteiger partial charge in [0, 0.05) is 12.1 Å². The summed E-state index contributed by atoms with van der Waals surface area (Å²) >= 11 is 0. The van der Waals surface area contributed by atoms with Gasteiger partial charge in [0.1, 0.15) is 6.61 Å². The number of benzene rings is 1. The first-order valence-electron chi connectivity index (χ1n) is 7.40. The van der Waals surface area contributed by atoms with Gasteiger partial charge in [-0.3, -0.25) is 4.79 Å². The lowest BCUT2D eigenvalue weighted by molar-refractivity contribution is -0.126. The van der Waals surface area contributed by atoms with E-state index in [1.807, 2.05) is 18.2 Å². The summed E-state index contributed by atoms with van der Waals surface area (Å²) in [5, 5.41) is 3.02. The lowest BCUT2D eigenvalue weighted by Gasteiger charge is -2.26. The van der Waals surface area contributed by atoms with Gasteiger partial charge in [0.05, 0.1) is 6.61 Å². The second-order valence-electron chi connectivity index (χ2n) is 5.47. The topological polar surface area (TPSA) is 64.3 Å². The standard InChI is InChI=1S/C16H24N2O2/c17-14-6-8-15(9-7-14)18-16(19)12-20-11-10-13-4-2-1-3-5-13/h1-5,14-15H,6-12,17H2,(H,18,19). The maximum Gasteiger partial charge on any atom is 0.246 e. The maximum atomic E-state index is 11.7. The Kier molecular flexibility index (Phi) is 6.02. The normalized spacial score (nSPS) is 22.4. The van der Waals surface area contributed by atoms with Crippen LogP contribution in [0.4, 0.5) is 0 Å². The molecule has 0 bridgehead atoms. The Morgan fingerprint density at radius 1 is 1.20 bits per heavy atom. The third kappa shape index (κ3) is 5.31. The molecule has 4 heteroatoms. The Labute approximate surface area is 120 Å². The van der Waals surface area contributed by atoms with Crippen LogP contribution >= 0.6 is 0 Å². The smallest absolute Gasteiger partial charge is 0.246 e. The van der Waals surface area contributed by atoms with Gasteiger partial charge in [-0.1, -0.05) is 30.3 Å². The highest BCUT2D eigenvalue weighted by Crippen LogP contribution is 2.16. The number of carbonyl (C=O) groups excluding carboxylic acids is 1. The highest BCUT2D eigenvalue weighted by Gasteiger charge is 2.19. The third-order valence-corrected chi connectivity index (χ3v) is 3.75. The van der Waals surface area contributed by atoms with E-state index in [1.165, 1.54) is 5.56 Å². The first kappa shape index (κ1) is 15.0. The Morgan fingerprint density at radius 3 is 2.60 bits per heavy atom. The quantitative estimate of drug-likeness (QED) is 0.776. The summed E-state index contributed by atoms with van der Waals surface area (Å²) in [6.07, 6.45) is 4.81. The number of hydrogen-bond acceptors (Lipinski definition) is 3. The fourth-order valence-electron chi connectivity index (χ4n) is 2.53. The molecule has 110 valence electrons. The van der Waals surface area contributed by atoms with Gasteiger partial charge in [-0.2, -0.15) is 0 Å². The van der Waals surface area contributed by atoms with Gasteiger partial charge in [0.15, 0.2) is 0 Å². The van der Waals surface area contributed by atoms with Crippen LogP contribution in [0.25, 0.3) is 0 Å². The summed E-state index contributed by atoms with van der Waals surface area (Å²) in [4.78, 5) is 11.7. The van der Waals surface area contributed by atoms with Crippen LogP contribution in [0.1, 0.15) is 31.2 Å². The zero-order valence-electron chi connectivity index (χ0n) is 11.9. The molecule has 1 fully saturated rings. The van der Waals surface area contributed by atoms with Gasteiger partial charge in [0.2, 0.25) is 5.91 Å². The molecular weight excluding hydrogens is 252 g/mol. The molecule has 0 aromatic heterocycles. The molecule has 0 aliphatic heterocycles. The van der Waals surface area contributed by atoms with Crippen molar-refractivity contribution in [3.05, 3.63) is 35.9 Å². The van der Waals surface area contributed by atoms with E-state index in [4.69, 9.17) is 10.5 Å². The van der Waals surface area contributed by atoms with Crippen molar-refractivity contribution < 1.29 is 9.53 Å².